The summed E-state index contributed by atoms with van der Waals surface area (Å²) in [7, 11) is 0. The largest absolute Gasteiger partial charge is 0.772 e. The van der Waals surface area contributed by atoms with Gasteiger partial charge in [-0.3, -0.25) is 4.21 Å². The summed E-state index contributed by atoms with van der Waals surface area (Å²) in [5, 5.41) is -0.458. The average Bonchev–Trinajstić information content (AvgIpc) is 2.04. The molecule has 0 amide bonds. The summed E-state index contributed by atoms with van der Waals surface area (Å²) >= 11 is 1.24. The predicted molar refractivity (Wildman–Crippen MR) is 51.5 cm³/mol. The molecule has 0 radical (unpaired) electrons. The number of hydrogen-bond acceptors (Lipinski definition) is 2. The SMILES string of the molecule is CC(c1ccccc1Br)S(=O)[O-]. The van der Waals surface area contributed by atoms with Crippen molar-refractivity contribution < 1.29 is 8.76 Å². The van der Waals surface area contributed by atoms with Gasteiger partial charge in [0.15, 0.2) is 0 Å². The Hall–Kier alpha value is -0.190. The van der Waals surface area contributed by atoms with Gasteiger partial charge in [0.05, 0.1) is 0 Å². The zero-order valence-electron chi connectivity index (χ0n) is 6.49. The molecule has 0 N–H and O–H groups in total. The Kier molecular flexibility index (Phi) is 3.43. The third kappa shape index (κ3) is 2.15. The van der Waals surface area contributed by atoms with Crippen molar-refractivity contribution in [1.82, 2.24) is 0 Å². The molecule has 2 unspecified atom stereocenters. The molecule has 12 heavy (non-hydrogen) atoms. The average molecular weight is 248 g/mol. The van der Waals surface area contributed by atoms with Crippen LogP contribution in [0.1, 0.15) is 17.7 Å². The van der Waals surface area contributed by atoms with Crippen molar-refractivity contribution in [3.63, 3.8) is 0 Å². The highest BCUT2D eigenvalue weighted by Crippen LogP contribution is 2.25. The first-order chi connectivity index (χ1) is 5.63. The molecule has 2 nitrogen and oxygen atoms in total. The van der Waals surface area contributed by atoms with Gasteiger partial charge in [-0.1, -0.05) is 34.1 Å². The Morgan fingerprint density at radius 1 is 1.50 bits per heavy atom. The van der Waals surface area contributed by atoms with E-state index in [1.165, 1.54) is 0 Å². The van der Waals surface area contributed by atoms with Gasteiger partial charge in [0, 0.05) is 9.72 Å². The molecule has 0 aliphatic rings. The topological polar surface area (TPSA) is 40.1 Å². The molecule has 0 spiro atoms. The summed E-state index contributed by atoms with van der Waals surface area (Å²) in [6.45, 7) is 1.66. The highest BCUT2D eigenvalue weighted by atomic mass is 79.9. The Morgan fingerprint density at radius 3 is 2.58 bits per heavy atom. The zero-order valence-corrected chi connectivity index (χ0v) is 8.89. The van der Waals surface area contributed by atoms with Crippen LogP contribution in [0.15, 0.2) is 28.7 Å². The molecule has 0 aromatic heterocycles. The smallest absolute Gasteiger partial charge is 0.0448 e. The van der Waals surface area contributed by atoms with Gasteiger partial charge in [0.1, 0.15) is 0 Å². The van der Waals surface area contributed by atoms with E-state index in [1.807, 2.05) is 18.2 Å². The fourth-order valence-electron chi connectivity index (χ4n) is 0.908. The summed E-state index contributed by atoms with van der Waals surface area (Å²) in [5.74, 6) is 0. The first-order valence-electron chi connectivity index (χ1n) is 3.45. The molecule has 66 valence electrons. The van der Waals surface area contributed by atoms with Gasteiger partial charge >= 0.3 is 0 Å². The van der Waals surface area contributed by atoms with E-state index in [0.717, 1.165) is 10.0 Å². The molecule has 0 heterocycles. The van der Waals surface area contributed by atoms with Gasteiger partial charge in [-0.05, 0) is 29.6 Å². The van der Waals surface area contributed by atoms with Gasteiger partial charge < -0.3 is 4.55 Å². The Labute approximate surface area is 82.4 Å². The van der Waals surface area contributed by atoms with Crippen molar-refractivity contribution in [2.75, 3.05) is 0 Å². The van der Waals surface area contributed by atoms with Gasteiger partial charge in [-0.2, -0.15) is 0 Å². The maximum atomic E-state index is 10.6. The van der Waals surface area contributed by atoms with Crippen LogP contribution >= 0.6 is 15.9 Å². The highest BCUT2D eigenvalue weighted by molar-refractivity contribution is 9.10. The molecule has 0 saturated carbocycles. The predicted octanol–water partition coefficient (Wildman–Crippen LogP) is 2.39. The van der Waals surface area contributed by atoms with Crippen LogP contribution in [0.25, 0.3) is 0 Å². The quantitative estimate of drug-likeness (QED) is 0.754. The zero-order chi connectivity index (χ0) is 9.14. The van der Waals surface area contributed by atoms with E-state index in [9.17, 15) is 8.76 Å². The lowest BCUT2D eigenvalue weighted by Crippen LogP contribution is -2.01. The lowest BCUT2D eigenvalue weighted by atomic mass is 10.2. The lowest BCUT2D eigenvalue weighted by Gasteiger charge is -2.15. The molecule has 2 atom stereocenters. The van der Waals surface area contributed by atoms with Crippen molar-refractivity contribution in [2.24, 2.45) is 0 Å². The van der Waals surface area contributed by atoms with E-state index in [1.54, 1.807) is 13.0 Å². The van der Waals surface area contributed by atoms with E-state index >= 15 is 0 Å². The molecular formula is C8H8BrO2S-. The van der Waals surface area contributed by atoms with Crippen LogP contribution in [0.2, 0.25) is 0 Å². The summed E-state index contributed by atoms with van der Waals surface area (Å²) in [4.78, 5) is 0. The maximum Gasteiger partial charge on any atom is 0.0448 e. The van der Waals surface area contributed by atoms with Gasteiger partial charge in [-0.15, -0.1) is 0 Å². The first kappa shape index (κ1) is 9.89. The highest BCUT2D eigenvalue weighted by Gasteiger charge is 2.07. The molecule has 0 bridgehead atoms. The fraction of sp³-hybridized carbons (Fsp3) is 0.250. The third-order valence-corrected chi connectivity index (χ3v) is 3.19. The fourth-order valence-corrected chi connectivity index (χ4v) is 2.10. The van der Waals surface area contributed by atoms with Crippen LogP contribution in [-0.2, 0) is 11.1 Å². The van der Waals surface area contributed by atoms with E-state index in [-0.39, 0.29) is 0 Å². The molecule has 0 aliphatic carbocycles. The van der Waals surface area contributed by atoms with Crippen LogP contribution in [0.5, 0.6) is 0 Å². The molecular weight excluding hydrogens is 240 g/mol. The number of hydrogen-bond donors (Lipinski definition) is 0. The normalized spacial score (nSPS) is 15.6. The standard InChI is InChI=1S/C8H9BrO2S/c1-6(12(10)11)7-4-2-3-5-8(7)9/h2-6H,1H3,(H,10,11)/p-1. The molecule has 1 aromatic rings. The first-order valence-corrected chi connectivity index (χ1v) is 5.38. The molecule has 0 saturated heterocycles. The Bertz CT molecular complexity index is 301. The second-order valence-corrected chi connectivity index (χ2v) is 4.51. The number of benzene rings is 1. The van der Waals surface area contributed by atoms with Crippen molar-refractivity contribution in [1.29, 1.82) is 0 Å². The Morgan fingerprint density at radius 2 is 2.08 bits per heavy atom. The van der Waals surface area contributed by atoms with Crippen molar-refractivity contribution >= 4 is 27.0 Å². The minimum absolute atomic E-state index is 0.458. The molecule has 1 aromatic carbocycles. The second kappa shape index (κ2) is 4.16. The van der Waals surface area contributed by atoms with Gasteiger partial charge in [0.25, 0.3) is 0 Å². The van der Waals surface area contributed by atoms with E-state index in [4.69, 9.17) is 0 Å². The third-order valence-electron chi connectivity index (χ3n) is 1.63. The van der Waals surface area contributed by atoms with Crippen molar-refractivity contribution in [2.45, 2.75) is 12.2 Å². The van der Waals surface area contributed by atoms with Crippen LogP contribution in [-0.4, -0.2) is 8.76 Å². The maximum absolute atomic E-state index is 10.6. The minimum Gasteiger partial charge on any atom is -0.772 e. The molecule has 1 rings (SSSR count). The van der Waals surface area contributed by atoms with E-state index in [0.29, 0.717) is 0 Å². The number of halogens is 1. The summed E-state index contributed by atoms with van der Waals surface area (Å²) in [6.07, 6.45) is 0. The van der Waals surface area contributed by atoms with Crippen LogP contribution in [0.4, 0.5) is 0 Å². The summed E-state index contributed by atoms with van der Waals surface area (Å²) < 4.78 is 22.1. The molecule has 0 fully saturated rings. The van der Waals surface area contributed by atoms with E-state index < -0.39 is 16.3 Å². The van der Waals surface area contributed by atoms with Crippen molar-refractivity contribution in [3.8, 4) is 0 Å². The van der Waals surface area contributed by atoms with E-state index in [2.05, 4.69) is 15.9 Å². The summed E-state index contributed by atoms with van der Waals surface area (Å²) in [5.41, 5.74) is 0.797. The van der Waals surface area contributed by atoms with Crippen LogP contribution in [0, 0.1) is 0 Å². The summed E-state index contributed by atoms with van der Waals surface area (Å²) in [6, 6.07) is 7.31. The van der Waals surface area contributed by atoms with Gasteiger partial charge in [-0.25, -0.2) is 0 Å². The second-order valence-electron chi connectivity index (χ2n) is 2.42. The monoisotopic (exact) mass is 247 g/mol. The molecule has 0 aliphatic heterocycles. The molecule has 4 heteroatoms. The van der Waals surface area contributed by atoms with Gasteiger partial charge in [0.2, 0.25) is 0 Å². The number of rotatable bonds is 2. The minimum atomic E-state index is -2.05. The Balaban J connectivity index is 3.02. The lowest BCUT2D eigenvalue weighted by molar-refractivity contribution is 0.527. The van der Waals surface area contributed by atoms with Crippen molar-refractivity contribution in [3.05, 3.63) is 34.3 Å². The van der Waals surface area contributed by atoms with Crippen LogP contribution < -0.4 is 0 Å². The van der Waals surface area contributed by atoms with Crippen LogP contribution in [0.3, 0.4) is 0 Å².